The van der Waals surface area contributed by atoms with Crippen LogP contribution in [0.25, 0.3) is 0 Å². The highest BCUT2D eigenvalue weighted by molar-refractivity contribution is 9.10. The zero-order valence-corrected chi connectivity index (χ0v) is 14.2. The topological polar surface area (TPSA) is 72.2 Å². The lowest BCUT2D eigenvalue weighted by Crippen LogP contribution is -2.27. The van der Waals surface area contributed by atoms with Crippen LogP contribution in [0, 0.1) is 6.92 Å². The molecule has 0 heterocycles. The molecular formula is C15H17BrN2O2S. The summed E-state index contributed by atoms with van der Waals surface area (Å²) < 4.78 is 28.6. The van der Waals surface area contributed by atoms with Gasteiger partial charge in [-0.05, 0) is 49.2 Å². The van der Waals surface area contributed by atoms with Crippen LogP contribution in [-0.4, -0.2) is 8.42 Å². The average molecular weight is 369 g/mol. The molecule has 112 valence electrons. The minimum atomic E-state index is -3.61. The Morgan fingerprint density at radius 1 is 1.14 bits per heavy atom. The third kappa shape index (κ3) is 3.64. The van der Waals surface area contributed by atoms with E-state index in [1.54, 1.807) is 25.1 Å². The molecule has 0 radical (unpaired) electrons. The third-order valence-electron chi connectivity index (χ3n) is 3.32. The second-order valence-corrected chi connectivity index (χ2v) is 7.46. The molecule has 0 bridgehead atoms. The van der Waals surface area contributed by atoms with E-state index in [1.165, 1.54) is 0 Å². The summed E-state index contributed by atoms with van der Waals surface area (Å²) in [6.45, 7) is 3.51. The lowest BCUT2D eigenvalue weighted by Gasteiger charge is -2.16. The fraction of sp³-hybridized carbons (Fsp3) is 0.200. The van der Waals surface area contributed by atoms with Crippen LogP contribution in [0.3, 0.4) is 0 Å². The summed E-state index contributed by atoms with van der Waals surface area (Å²) >= 11 is 3.36. The monoisotopic (exact) mass is 368 g/mol. The van der Waals surface area contributed by atoms with E-state index >= 15 is 0 Å². The fourth-order valence-corrected chi connectivity index (χ4v) is 3.81. The number of halogens is 1. The Hall–Kier alpha value is -1.37. The van der Waals surface area contributed by atoms with Crippen LogP contribution < -0.4 is 10.5 Å². The van der Waals surface area contributed by atoms with Gasteiger partial charge in [0, 0.05) is 16.2 Å². The number of benzene rings is 2. The number of rotatable bonds is 4. The Morgan fingerprint density at radius 2 is 1.76 bits per heavy atom. The zero-order valence-electron chi connectivity index (χ0n) is 11.8. The molecule has 0 amide bonds. The molecule has 0 aliphatic heterocycles. The third-order valence-corrected chi connectivity index (χ3v) is 5.53. The van der Waals surface area contributed by atoms with Gasteiger partial charge < -0.3 is 5.73 Å². The fourth-order valence-electron chi connectivity index (χ4n) is 2.04. The smallest absolute Gasteiger partial charge is 0.241 e. The summed E-state index contributed by atoms with van der Waals surface area (Å²) in [4.78, 5) is 0.214. The Balaban J connectivity index is 2.29. The highest BCUT2D eigenvalue weighted by Gasteiger charge is 2.21. The Bertz CT molecular complexity index is 743. The van der Waals surface area contributed by atoms with Crippen molar-refractivity contribution in [3.63, 3.8) is 0 Å². The second kappa shape index (κ2) is 6.17. The zero-order chi connectivity index (χ0) is 15.6. The highest BCUT2D eigenvalue weighted by atomic mass is 79.9. The van der Waals surface area contributed by atoms with Gasteiger partial charge in [-0.2, -0.15) is 0 Å². The Labute approximate surface area is 133 Å². The van der Waals surface area contributed by atoms with Gasteiger partial charge in [-0.1, -0.05) is 34.1 Å². The van der Waals surface area contributed by atoms with Crippen molar-refractivity contribution in [3.05, 3.63) is 58.1 Å². The molecule has 6 heteroatoms. The van der Waals surface area contributed by atoms with E-state index in [0.717, 1.165) is 10.0 Å². The van der Waals surface area contributed by atoms with Crippen LogP contribution >= 0.6 is 15.9 Å². The van der Waals surface area contributed by atoms with Crippen molar-refractivity contribution in [2.75, 3.05) is 5.73 Å². The number of sulfonamides is 1. The molecular weight excluding hydrogens is 352 g/mol. The molecule has 2 aromatic carbocycles. The van der Waals surface area contributed by atoms with Crippen LogP contribution in [0.15, 0.2) is 51.8 Å². The molecule has 1 unspecified atom stereocenters. The molecule has 0 aliphatic carbocycles. The molecule has 3 N–H and O–H groups in total. The SMILES string of the molecule is Cc1c(N)cccc1S(=O)(=O)NC(C)c1ccc(Br)cc1. The van der Waals surface area contributed by atoms with Crippen molar-refractivity contribution >= 4 is 31.6 Å². The van der Waals surface area contributed by atoms with Gasteiger partial charge in [0.2, 0.25) is 10.0 Å². The van der Waals surface area contributed by atoms with Gasteiger partial charge in [0.15, 0.2) is 0 Å². The Kier molecular flexibility index (Phi) is 4.70. The molecule has 21 heavy (non-hydrogen) atoms. The molecule has 4 nitrogen and oxygen atoms in total. The largest absolute Gasteiger partial charge is 0.398 e. The van der Waals surface area contributed by atoms with E-state index in [-0.39, 0.29) is 10.9 Å². The van der Waals surface area contributed by atoms with Crippen LogP contribution in [0.5, 0.6) is 0 Å². The van der Waals surface area contributed by atoms with E-state index in [1.807, 2.05) is 31.2 Å². The molecule has 0 fully saturated rings. The molecule has 0 aliphatic rings. The van der Waals surface area contributed by atoms with Gasteiger partial charge in [-0.3, -0.25) is 0 Å². The van der Waals surface area contributed by atoms with Gasteiger partial charge >= 0.3 is 0 Å². The maximum absolute atomic E-state index is 12.5. The van der Waals surface area contributed by atoms with Crippen molar-refractivity contribution in [1.29, 1.82) is 0 Å². The molecule has 2 aromatic rings. The van der Waals surface area contributed by atoms with Gasteiger partial charge in [0.25, 0.3) is 0 Å². The second-order valence-electron chi connectivity index (χ2n) is 4.86. The number of hydrogen-bond donors (Lipinski definition) is 2. The maximum atomic E-state index is 12.5. The van der Waals surface area contributed by atoms with Gasteiger partial charge in [-0.25, -0.2) is 13.1 Å². The summed E-state index contributed by atoms with van der Waals surface area (Å²) in [7, 11) is -3.61. The van der Waals surface area contributed by atoms with Gasteiger partial charge in [-0.15, -0.1) is 0 Å². The predicted octanol–water partition coefficient (Wildman–Crippen LogP) is 3.38. The van der Waals surface area contributed by atoms with E-state index in [4.69, 9.17) is 5.73 Å². The number of nitrogens with one attached hydrogen (secondary N) is 1. The molecule has 0 spiro atoms. The number of anilines is 1. The van der Waals surface area contributed by atoms with E-state index in [9.17, 15) is 8.42 Å². The first-order valence-electron chi connectivity index (χ1n) is 6.44. The van der Waals surface area contributed by atoms with E-state index in [2.05, 4.69) is 20.7 Å². The molecule has 0 saturated carbocycles. The average Bonchev–Trinajstić information content (AvgIpc) is 2.41. The van der Waals surface area contributed by atoms with Crippen LogP contribution in [0.2, 0.25) is 0 Å². The normalized spacial score (nSPS) is 13.1. The van der Waals surface area contributed by atoms with Crippen molar-refractivity contribution in [2.24, 2.45) is 0 Å². The first-order valence-corrected chi connectivity index (χ1v) is 8.72. The lowest BCUT2D eigenvalue weighted by atomic mass is 10.1. The van der Waals surface area contributed by atoms with Crippen molar-refractivity contribution in [1.82, 2.24) is 4.72 Å². The van der Waals surface area contributed by atoms with Crippen LogP contribution in [0.1, 0.15) is 24.1 Å². The standard InChI is InChI=1S/C15H17BrN2O2S/c1-10-14(17)4-3-5-15(10)21(19,20)18-11(2)12-6-8-13(16)9-7-12/h3-9,11,18H,17H2,1-2H3. The van der Waals surface area contributed by atoms with Crippen LogP contribution in [0.4, 0.5) is 5.69 Å². The number of hydrogen-bond acceptors (Lipinski definition) is 3. The van der Waals surface area contributed by atoms with Gasteiger partial charge in [0.1, 0.15) is 0 Å². The first kappa shape index (κ1) is 16.0. The Morgan fingerprint density at radius 3 is 2.38 bits per heavy atom. The summed E-state index contributed by atoms with van der Waals surface area (Å²) in [6.07, 6.45) is 0. The minimum Gasteiger partial charge on any atom is -0.398 e. The lowest BCUT2D eigenvalue weighted by molar-refractivity contribution is 0.566. The molecule has 2 rings (SSSR count). The minimum absolute atomic E-state index is 0.214. The summed E-state index contributed by atoms with van der Waals surface area (Å²) in [6, 6.07) is 12.1. The van der Waals surface area contributed by atoms with Crippen molar-refractivity contribution in [2.45, 2.75) is 24.8 Å². The van der Waals surface area contributed by atoms with Crippen molar-refractivity contribution in [3.8, 4) is 0 Å². The number of nitrogens with two attached hydrogens (primary N) is 1. The van der Waals surface area contributed by atoms with Crippen molar-refractivity contribution < 1.29 is 8.42 Å². The summed E-state index contributed by atoms with van der Waals surface area (Å²) in [5.41, 5.74) is 7.70. The summed E-state index contributed by atoms with van der Waals surface area (Å²) in [5.74, 6) is 0. The van der Waals surface area contributed by atoms with E-state index < -0.39 is 10.0 Å². The van der Waals surface area contributed by atoms with E-state index in [0.29, 0.717) is 11.3 Å². The number of nitrogen functional groups attached to an aromatic ring is 1. The predicted molar refractivity (Wildman–Crippen MR) is 88.5 cm³/mol. The molecule has 0 saturated heterocycles. The van der Waals surface area contributed by atoms with Crippen LogP contribution in [-0.2, 0) is 10.0 Å². The molecule has 0 aromatic heterocycles. The van der Waals surface area contributed by atoms with Gasteiger partial charge in [0.05, 0.1) is 4.90 Å². The summed E-state index contributed by atoms with van der Waals surface area (Å²) in [5, 5.41) is 0. The quantitative estimate of drug-likeness (QED) is 0.812. The molecule has 1 atom stereocenters. The highest BCUT2D eigenvalue weighted by Crippen LogP contribution is 2.23. The first-order chi connectivity index (χ1) is 9.81. The maximum Gasteiger partial charge on any atom is 0.241 e.